The average molecular weight is 172 g/mol. The van der Waals surface area contributed by atoms with Crippen LogP contribution in [0, 0.1) is 0 Å². The Morgan fingerprint density at radius 3 is 2.54 bits per heavy atom. The second-order valence-electron chi connectivity index (χ2n) is 2.57. The van der Waals surface area contributed by atoms with Gasteiger partial charge in [-0.05, 0) is 12.1 Å². The zero-order valence-corrected chi connectivity index (χ0v) is 6.88. The molecule has 0 amide bonds. The molecule has 4 heteroatoms. The van der Waals surface area contributed by atoms with Gasteiger partial charge < -0.3 is 5.73 Å². The van der Waals surface area contributed by atoms with Crippen LogP contribution in [0.2, 0.25) is 0 Å². The van der Waals surface area contributed by atoms with Crippen LogP contribution in [0.15, 0.2) is 36.9 Å². The predicted octanol–water partition coefficient (Wildman–Crippen LogP) is 1.12. The fourth-order valence-electron chi connectivity index (χ4n) is 1.02. The van der Waals surface area contributed by atoms with Crippen LogP contribution in [0.5, 0.6) is 0 Å². The Kier molecular flexibility index (Phi) is 1.88. The number of hydrogen-bond acceptors (Lipinski definition) is 4. The second kappa shape index (κ2) is 3.18. The van der Waals surface area contributed by atoms with Gasteiger partial charge in [0.1, 0.15) is 5.69 Å². The molecular formula is C9H8N4. The van der Waals surface area contributed by atoms with Crippen LogP contribution >= 0.6 is 0 Å². The molecule has 2 N–H and O–H groups in total. The molecular weight excluding hydrogens is 164 g/mol. The van der Waals surface area contributed by atoms with Crippen LogP contribution < -0.4 is 5.73 Å². The molecule has 0 bridgehead atoms. The molecule has 0 spiro atoms. The SMILES string of the molecule is Nc1ccnc(-c2cnccn2)c1. The van der Waals surface area contributed by atoms with Crippen molar-refractivity contribution < 1.29 is 0 Å². The highest BCUT2D eigenvalue weighted by atomic mass is 14.8. The Hall–Kier alpha value is -1.97. The second-order valence-corrected chi connectivity index (χ2v) is 2.57. The molecule has 2 aromatic heterocycles. The standard InChI is InChI=1S/C9H8N4/c10-7-1-2-12-8(5-7)9-6-11-3-4-13-9/h1-6H,(H2,10,12). The first-order valence-electron chi connectivity index (χ1n) is 3.84. The van der Waals surface area contributed by atoms with Crippen LogP contribution in [0.3, 0.4) is 0 Å². The maximum absolute atomic E-state index is 5.61. The molecule has 0 aliphatic heterocycles. The summed E-state index contributed by atoms with van der Waals surface area (Å²) in [5.41, 5.74) is 7.76. The fourth-order valence-corrected chi connectivity index (χ4v) is 1.02. The van der Waals surface area contributed by atoms with Crippen molar-refractivity contribution in [2.24, 2.45) is 0 Å². The number of pyridine rings is 1. The van der Waals surface area contributed by atoms with Crippen LogP contribution in [-0.4, -0.2) is 15.0 Å². The Balaban J connectivity index is 2.48. The maximum atomic E-state index is 5.61. The van der Waals surface area contributed by atoms with E-state index in [4.69, 9.17) is 5.73 Å². The van der Waals surface area contributed by atoms with Crippen molar-refractivity contribution >= 4 is 5.69 Å². The molecule has 0 aromatic carbocycles. The molecule has 0 unspecified atom stereocenters. The zero-order chi connectivity index (χ0) is 9.10. The molecule has 0 saturated heterocycles. The van der Waals surface area contributed by atoms with Crippen LogP contribution in [0.4, 0.5) is 5.69 Å². The first kappa shape index (κ1) is 7.67. The lowest BCUT2D eigenvalue weighted by atomic mass is 10.2. The number of aromatic nitrogens is 3. The third kappa shape index (κ3) is 1.61. The van der Waals surface area contributed by atoms with Crippen molar-refractivity contribution in [3.8, 4) is 11.4 Å². The maximum Gasteiger partial charge on any atom is 0.107 e. The lowest BCUT2D eigenvalue weighted by Gasteiger charge is -1.98. The van der Waals surface area contributed by atoms with E-state index in [-0.39, 0.29) is 0 Å². The summed E-state index contributed by atoms with van der Waals surface area (Å²) in [7, 11) is 0. The van der Waals surface area contributed by atoms with E-state index < -0.39 is 0 Å². The molecule has 0 aliphatic rings. The summed E-state index contributed by atoms with van der Waals surface area (Å²) >= 11 is 0. The molecule has 64 valence electrons. The number of anilines is 1. The van der Waals surface area contributed by atoms with E-state index in [1.54, 1.807) is 36.9 Å². The average Bonchev–Trinajstić information content (AvgIpc) is 2.19. The van der Waals surface area contributed by atoms with Crippen LogP contribution in [0.1, 0.15) is 0 Å². The highest BCUT2D eigenvalue weighted by Crippen LogP contribution is 2.14. The van der Waals surface area contributed by atoms with Crippen molar-refractivity contribution in [1.29, 1.82) is 0 Å². The zero-order valence-electron chi connectivity index (χ0n) is 6.88. The van der Waals surface area contributed by atoms with Gasteiger partial charge in [-0.3, -0.25) is 15.0 Å². The third-order valence-electron chi connectivity index (χ3n) is 1.61. The minimum Gasteiger partial charge on any atom is -0.399 e. The van der Waals surface area contributed by atoms with E-state index in [1.807, 2.05) is 0 Å². The van der Waals surface area contributed by atoms with Gasteiger partial charge in [-0.25, -0.2) is 0 Å². The van der Waals surface area contributed by atoms with Gasteiger partial charge in [0.25, 0.3) is 0 Å². The van der Waals surface area contributed by atoms with Crippen molar-refractivity contribution in [3.63, 3.8) is 0 Å². The summed E-state index contributed by atoms with van der Waals surface area (Å²) in [6.45, 7) is 0. The number of nitrogens with zero attached hydrogens (tertiary/aromatic N) is 3. The van der Waals surface area contributed by atoms with Crippen LogP contribution in [0.25, 0.3) is 11.4 Å². The Morgan fingerprint density at radius 1 is 1.00 bits per heavy atom. The molecule has 0 saturated carbocycles. The van der Waals surface area contributed by atoms with Crippen molar-refractivity contribution in [2.45, 2.75) is 0 Å². The molecule has 2 heterocycles. The number of nitrogens with two attached hydrogens (primary N) is 1. The number of nitrogen functional groups attached to an aromatic ring is 1. The van der Waals surface area contributed by atoms with Gasteiger partial charge in [0, 0.05) is 24.3 Å². The first-order chi connectivity index (χ1) is 6.36. The molecule has 0 fully saturated rings. The van der Waals surface area contributed by atoms with Gasteiger partial charge in [-0.2, -0.15) is 0 Å². The van der Waals surface area contributed by atoms with Gasteiger partial charge in [0.2, 0.25) is 0 Å². The largest absolute Gasteiger partial charge is 0.399 e. The van der Waals surface area contributed by atoms with E-state index in [0.717, 1.165) is 11.4 Å². The summed E-state index contributed by atoms with van der Waals surface area (Å²) in [6.07, 6.45) is 6.55. The van der Waals surface area contributed by atoms with E-state index in [2.05, 4.69) is 15.0 Å². The van der Waals surface area contributed by atoms with E-state index in [1.165, 1.54) is 0 Å². The van der Waals surface area contributed by atoms with Crippen LogP contribution in [-0.2, 0) is 0 Å². The number of rotatable bonds is 1. The number of hydrogen-bond donors (Lipinski definition) is 1. The summed E-state index contributed by atoms with van der Waals surface area (Å²) in [6, 6.07) is 3.50. The Bertz CT molecular complexity index is 399. The van der Waals surface area contributed by atoms with Gasteiger partial charge >= 0.3 is 0 Å². The molecule has 0 atom stereocenters. The van der Waals surface area contributed by atoms with Gasteiger partial charge in [0.05, 0.1) is 11.9 Å². The Morgan fingerprint density at radius 2 is 1.85 bits per heavy atom. The molecule has 2 rings (SSSR count). The van der Waals surface area contributed by atoms with E-state index in [9.17, 15) is 0 Å². The summed E-state index contributed by atoms with van der Waals surface area (Å²) in [4.78, 5) is 12.2. The van der Waals surface area contributed by atoms with Crippen molar-refractivity contribution in [2.75, 3.05) is 5.73 Å². The summed E-state index contributed by atoms with van der Waals surface area (Å²) in [5, 5.41) is 0. The normalized spacial score (nSPS) is 9.85. The fraction of sp³-hybridized carbons (Fsp3) is 0. The molecule has 0 radical (unpaired) electrons. The predicted molar refractivity (Wildman–Crippen MR) is 49.7 cm³/mol. The minimum absolute atomic E-state index is 0.677. The van der Waals surface area contributed by atoms with E-state index >= 15 is 0 Å². The summed E-state index contributed by atoms with van der Waals surface area (Å²) < 4.78 is 0. The molecule has 2 aromatic rings. The first-order valence-corrected chi connectivity index (χ1v) is 3.84. The minimum atomic E-state index is 0.677. The van der Waals surface area contributed by atoms with Crippen molar-refractivity contribution in [3.05, 3.63) is 36.9 Å². The van der Waals surface area contributed by atoms with Gasteiger partial charge in [0.15, 0.2) is 0 Å². The topological polar surface area (TPSA) is 64.7 Å². The lowest BCUT2D eigenvalue weighted by molar-refractivity contribution is 1.18. The third-order valence-corrected chi connectivity index (χ3v) is 1.61. The monoisotopic (exact) mass is 172 g/mol. The lowest BCUT2D eigenvalue weighted by Crippen LogP contribution is -1.90. The molecule has 0 aliphatic carbocycles. The van der Waals surface area contributed by atoms with Crippen molar-refractivity contribution in [1.82, 2.24) is 15.0 Å². The highest BCUT2D eigenvalue weighted by molar-refractivity contribution is 5.57. The van der Waals surface area contributed by atoms with Gasteiger partial charge in [-0.1, -0.05) is 0 Å². The molecule has 4 nitrogen and oxygen atoms in total. The quantitative estimate of drug-likeness (QED) is 0.700. The smallest absolute Gasteiger partial charge is 0.107 e. The van der Waals surface area contributed by atoms with Gasteiger partial charge in [-0.15, -0.1) is 0 Å². The molecule has 13 heavy (non-hydrogen) atoms. The Labute approximate surface area is 75.5 Å². The highest BCUT2D eigenvalue weighted by Gasteiger charge is 1.99. The summed E-state index contributed by atoms with van der Waals surface area (Å²) in [5.74, 6) is 0. The van der Waals surface area contributed by atoms with E-state index in [0.29, 0.717) is 5.69 Å².